The number of ketones is 1. The third-order valence-corrected chi connectivity index (χ3v) is 7.43. The molecule has 0 aromatic heterocycles. The number of halogens is 1. The van der Waals surface area contributed by atoms with E-state index in [4.69, 9.17) is 21.1 Å². The first-order chi connectivity index (χ1) is 14.6. The third kappa shape index (κ3) is 5.15. The summed E-state index contributed by atoms with van der Waals surface area (Å²) in [5.41, 5.74) is 2.31. The van der Waals surface area contributed by atoms with Crippen LogP contribution in [-0.4, -0.2) is 56.9 Å². The van der Waals surface area contributed by atoms with Gasteiger partial charge in [0.15, 0.2) is 6.10 Å². The van der Waals surface area contributed by atoms with Gasteiger partial charge in [0.1, 0.15) is 0 Å². The SMILES string of the molecule is Cc1ccc(C(=O)C(C)OC(=O)c2cc(S(=O)(=O)N3CCOCC3)ccc2Cl)cc1C. The summed E-state index contributed by atoms with van der Waals surface area (Å²) in [5, 5.41) is 0.0387. The topological polar surface area (TPSA) is 90.0 Å². The first-order valence-corrected chi connectivity index (χ1v) is 11.6. The van der Waals surface area contributed by atoms with Gasteiger partial charge in [0.05, 0.1) is 28.7 Å². The molecule has 7 nitrogen and oxygen atoms in total. The van der Waals surface area contributed by atoms with Crippen LogP contribution >= 0.6 is 11.6 Å². The first-order valence-electron chi connectivity index (χ1n) is 9.81. The highest BCUT2D eigenvalue weighted by Gasteiger charge is 2.29. The summed E-state index contributed by atoms with van der Waals surface area (Å²) in [7, 11) is -3.81. The van der Waals surface area contributed by atoms with Gasteiger partial charge in [-0.1, -0.05) is 23.7 Å². The maximum Gasteiger partial charge on any atom is 0.340 e. The fraction of sp³-hybridized carbons (Fsp3) is 0.364. The zero-order chi connectivity index (χ0) is 22.8. The Kier molecular flexibility index (Phi) is 7.16. The van der Waals surface area contributed by atoms with Crippen molar-refractivity contribution < 1.29 is 27.5 Å². The van der Waals surface area contributed by atoms with Gasteiger partial charge in [-0.3, -0.25) is 4.79 Å². The summed E-state index contributed by atoms with van der Waals surface area (Å²) < 4.78 is 37.5. The number of hydrogen-bond donors (Lipinski definition) is 0. The Morgan fingerprint density at radius 2 is 1.74 bits per heavy atom. The molecule has 2 aromatic carbocycles. The smallest absolute Gasteiger partial charge is 0.340 e. The average molecular weight is 466 g/mol. The summed E-state index contributed by atoms with van der Waals surface area (Å²) in [6.45, 7) is 6.37. The van der Waals surface area contributed by atoms with Crippen molar-refractivity contribution in [1.29, 1.82) is 0 Å². The van der Waals surface area contributed by atoms with Crippen LogP contribution in [0.3, 0.4) is 0 Å². The zero-order valence-electron chi connectivity index (χ0n) is 17.6. The molecule has 166 valence electrons. The minimum atomic E-state index is -3.81. The number of sulfonamides is 1. The van der Waals surface area contributed by atoms with Gasteiger partial charge in [0.2, 0.25) is 15.8 Å². The summed E-state index contributed by atoms with van der Waals surface area (Å²) in [4.78, 5) is 25.3. The van der Waals surface area contributed by atoms with E-state index < -0.39 is 22.1 Å². The molecule has 0 amide bonds. The number of Topliss-reactive ketones (excluding diaryl/α,β-unsaturated/α-hetero) is 1. The van der Waals surface area contributed by atoms with Crippen LogP contribution in [0.2, 0.25) is 5.02 Å². The number of carbonyl (C=O) groups is 2. The second-order valence-corrected chi connectivity index (χ2v) is 9.71. The van der Waals surface area contributed by atoms with Crippen molar-refractivity contribution in [2.75, 3.05) is 26.3 Å². The lowest BCUT2D eigenvalue weighted by Gasteiger charge is -2.26. The van der Waals surface area contributed by atoms with Gasteiger partial charge in [-0.25, -0.2) is 13.2 Å². The van der Waals surface area contributed by atoms with Crippen LogP contribution in [0.4, 0.5) is 0 Å². The van der Waals surface area contributed by atoms with Crippen LogP contribution in [0, 0.1) is 13.8 Å². The van der Waals surface area contributed by atoms with E-state index in [-0.39, 0.29) is 34.4 Å². The van der Waals surface area contributed by atoms with Crippen molar-refractivity contribution in [3.8, 4) is 0 Å². The molecule has 1 fully saturated rings. The summed E-state index contributed by atoms with van der Waals surface area (Å²) >= 11 is 6.13. The third-order valence-electron chi connectivity index (χ3n) is 5.21. The summed E-state index contributed by atoms with van der Waals surface area (Å²) in [5.74, 6) is -1.22. The molecule has 1 saturated heterocycles. The van der Waals surface area contributed by atoms with Gasteiger partial charge in [-0.2, -0.15) is 4.31 Å². The zero-order valence-corrected chi connectivity index (χ0v) is 19.1. The van der Waals surface area contributed by atoms with Gasteiger partial charge in [-0.05, 0) is 56.2 Å². The Balaban J connectivity index is 1.80. The van der Waals surface area contributed by atoms with Crippen LogP contribution in [0.15, 0.2) is 41.3 Å². The molecule has 0 N–H and O–H groups in total. The van der Waals surface area contributed by atoms with Crippen LogP contribution in [0.1, 0.15) is 38.8 Å². The van der Waals surface area contributed by atoms with Gasteiger partial charge in [0, 0.05) is 18.7 Å². The monoisotopic (exact) mass is 465 g/mol. The fourth-order valence-electron chi connectivity index (χ4n) is 3.16. The molecule has 1 unspecified atom stereocenters. The predicted octanol–water partition coefficient (Wildman–Crippen LogP) is 3.41. The quantitative estimate of drug-likeness (QED) is 0.479. The maximum absolute atomic E-state index is 12.9. The van der Waals surface area contributed by atoms with Crippen molar-refractivity contribution in [3.63, 3.8) is 0 Å². The summed E-state index contributed by atoms with van der Waals surface area (Å²) in [6.07, 6.45) is -1.06. The van der Waals surface area contributed by atoms with Crippen molar-refractivity contribution >= 4 is 33.4 Å². The van der Waals surface area contributed by atoms with Crippen molar-refractivity contribution in [2.24, 2.45) is 0 Å². The molecule has 2 aromatic rings. The molecule has 9 heteroatoms. The maximum atomic E-state index is 12.9. The lowest BCUT2D eigenvalue weighted by Crippen LogP contribution is -2.40. The number of morpholine rings is 1. The highest BCUT2D eigenvalue weighted by molar-refractivity contribution is 7.89. The van der Waals surface area contributed by atoms with E-state index in [1.165, 1.54) is 29.4 Å². The molecular weight excluding hydrogens is 442 g/mol. The first kappa shape index (κ1) is 23.4. The Hall–Kier alpha value is -2.26. The molecule has 1 heterocycles. The molecule has 31 heavy (non-hydrogen) atoms. The molecule has 0 saturated carbocycles. The van der Waals surface area contributed by atoms with E-state index in [2.05, 4.69) is 0 Å². The number of aryl methyl sites for hydroxylation is 2. The van der Waals surface area contributed by atoms with Gasteiger partial charge in [-0.15, -0.1) is 0 Å². The average Bonchev–Trinajstić information content (AvgIpc) is 2.75. The highest BCUT2D eigenvalue weighted by atomic mass is 35.5. The van der Waals surface area contributed by atoms with E-state index in [0.29, 0.717) is 18.8 Å². The number of ether oxygens (including phenoxy) is 2. The Bertz CT molecular complexity index is 1110. The minimum Gasteiger partial charge on any atom is -0.451 e. The lowest BCUT2D eigenvalue weighted by atomic mass is 10.0. The number of nitrogens with zero attached hydrogens (tertiary/aromatic N) is 1. The van der Waals surface area contributed by atoms with Crippen LogP contribution < -0.4 is 0 Å². The Morgan fingerprint density at radius 3 is 2.39 bits per heavy atom. The lowest BCUT2D eigenvalue weighted by molar-refractivity contribution is 0.0318. The highest BCUT2D eigenvalue weighted by Crippen LogP contribution is 2.25. The van der Waals surface area contributed by atoms with Gasteiger partial charge < -0.3 is 9.47 Å². The standard InChI is InChI=1S/C22H24ClNO6S/c1-14-4-5-17(12-15(14)2)21(25)16(3)30-22(26)19-13-18(6-7-20(19)23)31(27,28)24-8-10-29-11-9-24/h4-7,12-13,16H,8-11H2,1-3H3. The van der Waals surface area contributed by atoms with E-state index >= 15 is 0 Å². The Morgan fingerprint density at radius 1 is 1.06 bits per heavy atom. The normalized spacial score (nSPS) is 16.0. The number of esters is 1. The predicted molar refractivity (Wildman–Crippen MR) is 116 cm³/mol. The molecule has 0 spiro atoms. The van der Waals surface area contributed by atoms with E-state index in [0.717, 1.165) is 11.1 Å². The molecular formula is C22H24ClNO6S. The summed E-state index contributed by atoms with van der Waals surface area (Å²) in [6, 6.07) is 9.10. The van der Waals surface area contributed by atoms with Crippen molar-refractivity contribution in [1.82, 2.24) is 4.31 Å². The number of carbonyl (C=O) groups excluding carboxylic acids is 2. The molecule has 0 bridgehead atoms. The number of hydrogen-bond acceptors (Lipinski definition) is 6. The van der Waals surface area contributed by atoms with Crippen molar-refractivity contribution in [2.45, 2.75) is 31.8 Å². The van der Waals surface area contributed by atoms with Gasteiger partial charge >= 0.3 is 5.97 Å². The fourth-order valence-corrected chi connectivity index (χ4v) is 4.79. The van der Waals surface area contributed by atoms with Crippen LogP contribution in [0.5, 0.6) is 0 Å². The number of benzene rings is 2. The second-order valence-electron chi connectivity index (χ2n) is 7.37. The molecule has 0 aliphatic carbocycles. The molecule has 1 aliphatic rings. The molecule has 1 atom stereocenters. The van der Waals surface area contributed by atoms with Crippen LogP contribution in [0.25, 0.3) is 0 Å². The van der Waals surface area contributed by atoms with Crippen LogP contribution in [-0.2, 0) is 19.5 Å². The van der Waals surface area contributed by atoms with Gasteiger partial charge in [0.25, 0.3) is 0 Å². The van der Waals surface area contributed by atoms with Crippen molar-refractivity contribution in [3.05, 3.63) is 63.7 Å². The van der Waals surface area contributed by atoms with E-state index in [9.17, 15) is 18.0 Å². The van der Waals surface area contributed by atoms with E-state index in [1.807, 2.05) is 19.9 Å². The largest absolute Gasteiger partial charge is 0.451 e. The number of rotatable bonds is 6. The molecule has 1 aliphatic heterocycles. The molecule has 3 rings (SSSR count). The molecule has 0 radical (unpaired) electrons. The minimum absolute atomic E-state index is 0.0387. The van der Waals surface area contributed by atoms with E-state index in [1.54, 1.807) is 12.1 Å². The Labute approximate surface area is 187 Å². The second kappa shape index (κ2) is 9.48.